The van der Waals surface area contributed by atoms with Gasteiger partial charge in [-0.05, 0) is 43.2 Å². The molecule has 6 nitrogen and oxygen atoms in total. The first-order valence-electron chi connectivity index (χ1n) is 8.49. The average Bonchev–Trinajstić information content (AvgIpc) is 3.19. The second-order valence-electron chi connectivity index (χ2n) is 5.77. The van der Waals surface area contributed by atoms with E-state index in [1.165, 1.54) is 4.90 Å². The quantitative estimate of drug-likeness (QED) is 0.492. The van der Waals surface area contributed by atoms with Crippen LogP contribution in [0.25, 0.3) is 5.65 Å². The summed E-state index contributed by atoms with van der Waals surface area (Å²) in [5, 5.41) is -0.171. The zero-order chi connectivity index (χ0) is 17.6. The number of hydrogen-bond donors (Lipinski definition) is 0. The van der Waals surface area contributed by atoms with Crippen molar-refractivity contribution in [3.8, 4) is 5.75 Å². The van der Waals surface area contributed by atoms with Gasteiger partial charge in [0.05, 0.1) is 11.5 Å². The van der Waals surface area contributed by atoms with Gasteiger partial charge in [-0.2, -0.15) is 0 Å². The van der Waals surface area contributed by atoms with E-state index in [1.54, 1.807) is 6.20 Å². The van der Waals surface area contributed by atoms with Crippen molar-refractivity contribution in [2.75, 3.05) is 13.2 Å². The van der Waals surface area contributed by atoms with E-state index in [-0.39, 0.29) is 23.6 Å². The van der Waals surface area contributed by atoms with Crippen LogP contribution >= 0.6 is 24.2 Å². The smallest absolute Gasteiger partial charge is 0.293 e. The number of carbonyl (C=O) groups excluding carboxylic acids is 2. The Kier molecular flexibility index (Phi) is 7.53. The van der Waals surface area contributed by atoms with Gasteiger partial charge in [0.2, 0.25) is 0 Å². The summed E-state index contributed by atoms with van der Waals surface area (Å²) in [5.41, 5.74) is 0.787. The molecule has 0 spiro atoms. The van der Waals surface area contributed by atoms with Crippen LogP contribution in [0.5, 0.6) is 5.75 Å². The van der Waals surface area contributed by atoms with Crippen molar-refractivity contribution < 1.29 is 14.3 Å². The van der Waals surface area contributed by atoms with E-state index in [4.69, 9.17) is 4.74 Å². The van der Waals surface area contributed by atoms with Crippen molar-refractivity contribution >= 4 is 41.0 Å². The molecule has 0 saturated carbocycles. The molecule has 8 heteroatoms. The first-order chi connectivity index (χ1) is 12.2. The average molecular weight is 396 g/mol. The number of aromatic nitrogens is 2. The van der Waals surface area contributed by atoms with Crippen LogP contribution in [0.1, 0.15) is 32.6 Å². The maximum absolute atomic E-state index is 12.2. The summed E-state index contributed by atoms with van der Waals surface area (Å²) in [5.74, 6) is 0.577. The van der Waals surface area contributed by atoms with Crippen LogP contribution in [-0.2, 0) is 4.79 Å². The lowest BCUT2D eigenvalue weighted by atomic mass is 10.3. The van der Waals surface area contributed by atoms with Gasteiger partial charge in [-0.1, -0.05) is 19.4 Å². The molecule has 1 fully saturated rings. The number of thioether (sulfide) groups is 1. The molecule has 3 heterocycles. The van der Waals surface area contributed by atoms with Gasteiger partial charge >= 0.3 is 0 Å². The monoisotopic (exact) mass is 395 g/mol. The third-order valence-corrected chi connectivity index (χ3v) is 4.87. The molecule has 3 rings (SSSR count). The molecule has 2 aromatic heterocycles. The van der Waals surface area contributed by atoms with E-state index in [0.29, 0.717) is 18.1 Å². The standard InChI is InChI=1S/C18H21N3O3S.ClH/c1-2-3-8-15-17(22)21(18(23)25-15)11-4-5-13-24-14-7-6-10-20-12-9-19-16(14)20;/h6-10,12H,2-5,11,13H2,1H3;1H/b15-8-;. The van der Waals surface area contributed by atoms with Crippen LogP contribution < -0.4 is 4.74 Å². The molecule has 0 aliphatic carbocycles. The Hall–Kier alpha value is -1.99. The Morgan fingerprint density at radius 3 is 2.92 bits per heavy atom. The molecule has 1 aliphatic rings. The minimum atomic E-state index is -0.171. The largest absolute Gasteiger partial charge is 0.490 e. The summed E-state index contributed by atoms with van der Waals surface area (Å²) in [6, 6.07) is 3.80. The summed E-state index contributed by atoms with van der Waals surface area (Å²) in [6.07, 6.45) is 10.6. The highest BCUT2D eigenvalue weighted by atomic mass is 35.5. The van der Waals surface area contributed by atoms with E-state index >= 15 is 0 Å². The molecule has 0 N–H and O–H groups in total. The summed E-state index contributed by atoms with van der Waals surface area (Å²) < 4.78 is 7.68. The second-order valence-corrected chi connectivity index (χ2v) is 6.76. The minimum absolute atomic E-state index is 0. The third-order valence-electron chi connectivity index (χ3n) is 3.91. The Balaban J connectivity index is 0.00000243. The number of imidazole rings is 1. The molecule has 0 aromatic carbocycles. The topological polar surface area (TPSA) is 63.9 Å². The summed E-state index contributed by atoms with van der Waals surface area (Å²) in [6.45, 7) is 3.00. The summed E-state index contributed by atoms with van der Waals surface area (Å²) in [4.78, 5) is 30.3. The number of unbranched alkanes of at least 4 members (excludes halogenated alkanes) is 2. The van der Waals surface area contributed by atoms with Crippen molar-refractivity contribution in [2.45, 2.75) is 32.6 Å². The van der Waals surface area contributed by atoms with Gasteiger partial charge in [-0.15, -0.1) is 12.4 Å². The number of amides is 2. The van der Waals surface area contributed by atoms with E-state index in [9.17, 15) is 9.59 Å². The van der Waals surface area contributed by atoms with Crippen molar-refractivity contribution in [3.63, 3.8) is 0 Å². The lowest BCUT2D eigenvalue weighted by Crippen LogP contribution is -2.29. The number of ether oxygens (including phenoxy) is 1. The van der Waals surface area contributed by atoms with Crippen LogP contribution in [0.4, 0.5) is 4.79 Å². The molecule has 26 heavy (non-hydrogen) atoms. The predicted molar refractivity (Wildman–Crippen MR) is 105 cm³/mol. The highest BCUT2D eigenvalue weighted by molar-refractivity contribution is 8.18. The first-order valence-corrected chi connectivity index (χ1v) is 9.30. The van der Waals surface area contributed by atoms with Gasteiger partial charge in [0.1, 0.15) is 0 Å². The van der Waals surface area contributed by atoms with Gasteiger partial charge in [-0.25, -0.2) is 4.98 Å². The van der Waals surface area contributed by atoms with Crippen LogP contribution in [0.2, 0.25) is 0 Å². The predicted octanol–water partition coefficient (Wildman–Crippen LogP) is 4.29. The number of hydrogen-bond acceptors (Lipinski definition) is 5. The second kappa shape index (κ2) is 9.64. The molecule has 1 aliphatic heterocycles. The Bertz CT molecular complexity index is 806. The van der Waals surface area contributed by atoms with Crippen molar-refractivity contribution in [1.29, 1.82) is 0 Å². The number of halogens is 1. The maximum Gasteiger partial charge on any atom is 0.293 e. The normalized spacial score (nSPS) is 15.7. The number of pyridine rings is 1. The molecule has 140 valence electrons. The van der Waals surface area contributed by atoms with E-state index < -0.39 is 0 Å². The van der Waals surface area contributed by atoms with Crippen LogP contribution in [0, 0.1) is 0 Å². The van der Waals surface area contributed by atoms with Crippen LogP contribution in [0.3, 0.4) is 0 Å². The van der Waals surface area contributed by atoms with E-state index in [2.05, 4.69) is 4.98 Å². The van der Waals surface area contributed by atoms with Gasteiger partial charge < -0.3 is 9.14 Å². The minimum Gasteiger partial charge on any atom is -0.490 e. The number of fused-ring (bicyclic) bond motifs is 1. The Morgan fingerprint density at radius 1 is 1.27 bits per heavy atom. The third kappa shape index (κ3) is 4.59. The molecular formula is C18H22ClN3O3S. The van der Waals surface area contributed by atoms with Crippen molar-refractivity contribution in [3.05, 3.63) is 41.7 Å². The fraction of sp³-hybridized carbons (Fsp3) is 0.389. The van der Waals surface area contributed by atoms with Crippen LogP contribution in [-0.4, -0.2) is 38.6 Å². The Labute approximate surface area is 163 Å². The molecule has 1 saturated heterocycles. The molecule has 0 bridgehead atoms. The highest BCUT2D eigenvalue weighted by Crippen LogP contribution is 2.31. The fourth-order valence-electron chi connectivity index (χ4n) is 2.59. The molecular weight excluding hydrogens is 374 g/mol. The fourth-order valence-corrected chi connectivity index (χ4v) is 3.47. The van der Waals surface area contributed by atoms with Crippen molar-refractivity contribution in [1.82, 2.24) is 14.3 Å². The van der Waals surface area contributed by atoms with Gasteiger partial charge in [0.15, 0.2) is 11.4 Å². The van der Waals surface area contributed by atoms with Crippen molar-refractivity contribution in [2.24, 2.45) is 0 Å². The molecule has 0 radical (unpaired) electrons. The zero-order valence-electron chi connectivity index (χ0n) is 14.6. The lowest BCUT2D eigenvalue weighted by Gasteiger charge is -2.12. The number of carbonyl (C=O) groups is 2. The summed E-state index contributed by atoms with van der Waals surface area (Å²) in [7, 11) is 0. The number of imide groups is 1. The Morgan fingerprint density at radius 2 is 2.12 bits per heavy atom. The van der Waals surface area contributed by atoms with Crippen LogP contribution in [0.15, 0.2) is 41.7 Å². The molecule has 0 atom stereocenters. The van der Waals surface area contributed by atoms with E-state index in [0.717, 1.165) is 48.8 Å². The number of allylic oxidation sites excluding steroid dienone is 1. The highest BCUT2D eigenvalue weighted by Gasteiger charge is 2.34. The lowest BCUT2D eigenvalue weighted by molar-refractivity contribution is -0.122. The number of nitrogens with zero attached hydrogens (tertiary/aromatic N) is 3. The van der Waals surface area contributed by atoms with E-state index in [1.807, 2.05) is 41.9 Å². The molecule has 2 amide bonds. The maximum atomic E-state index is 12.2. The van der Waals surface area contributed by atoms with Gasteiger partial charge in [-0.3, -0.25) is 14.5 Å². The zero-order valence-corrected chi connectivity index (χ0v) is 16.2. The number of rotatable bonds is 8. The SMILES string of the molecule is CCC/C=C1\SC(=O)N(CCCCOc2cccn3ccnc23)C1=O.Cl. The molecule has 0 unspecified atom stereocenters. The van der Waals surface area contributed by atoms with Gasteiger partial charge in [0, 0.05) is 25.1 Å². The first kappa shape index (κ1) is 20.3. The van der Waals surface area contributed by atoms with Gasteiger partial charge in [0.25, 0.3) is 11.1 Å². The molecule has 2 aromatic rings. The summed E-state index contributed by atoms with van der Waals surface area (Å²) >= 11 is 1.04.